The van der Waals surface area contributed by atoms with Crippen LogP contribution in [0.4, 0.5) is 5.95 Å². The van der Waals surface area contributed by atoms with Crippen molar-refractivity contribution in [1.29, 1.82) is 0 Å². The molecule has 1 radical (unpaired) electrons. The topological polar surface area (TPSA) is 213 Å². The molecular weight excluding hydrogens is 270 g/mol. The first kappa shape index (κ1) is 18.5. The molecule has 0 aromatic carbocycles. The number of tetrazole rings is 1. The average Bonchev–Trinajstić information content (AvgIpc) is 2.36. The van der Waals surface area contributed by atoms with Gasteiger partial charge < -0.3 is 36.4 Å². The van der Waals surface area contributed by atoms with Crippen LogP contribution in [0.3, 0.4) is 0 Å². The molecule has 0 fully saturated rings. The van der Waals surface area contributed by atoms with E-state index in [1.54, 1.807) is 0 Å². The van der Waals surface area contributed by atoms with Gasteiger partial charge in [-0.1, -0.05) is 5.10 Å². The van der Waals surface area contributed by atoms with Gasteiger partial charge in [0.2, 0.25) is 0 Å². The third-order valence-electron chi connectivity index (χ3n) is 0.362. The molecule has 0 atom stereocenters. The van der Waals surface area contributed by atoms with Crippen LogP contribution in [0.1, 0.15) is 0 Å². The minimum Gasteiger partial charge on any atom is -0.365 e. The van der Waals surface area contributed by atoms with Crippen LogP contribution >= 0.6 is 0 Å². The summed E-state index contributed by atoms with van der Waals surface area (Å²) in [5.41, 5.74) is 4.96. The van der Waals surface area contributed by atoms with Crippen LogP contribution < -0.4 is 5.73 Å². The van der Waals surface area contributed by atoms with Crippen molar-refractivity contribution in [3.63, 3.8) is 0 Å². The van der Waals surface area contributed by atoms with Crippen molar-refractivity contribution >= 4 is 5.95 Å². The van der Waals surface area contributed by atoms with E-state index in [0.29, 0.717) is 0 Å². The van der Waals surface area contributed by atoms with Crippen LogP contribution in [-0.2, 0) is 17.1 Å². The van der Waals surface area contributed by atoms with Crippen LogP contribution in [-0.4, -0.2) is 30.8 Å². The van der Waals surface area contributed by atoms with E-state index in [0.717, 1.165) is 0 Å². The summed E-state index contributed by atoms with van der Waals surface area (Å²) < 4.78 is 0. The third-order valence-corrected chi connectivity index (χ3v) is 0.362. The number of hydrogen-bond donors (Lipinski definition) is 2. The number of aromatic nitrogens is 4. The third kappa shape index (κ3) is 49.3. The van der Waals surface area contributed by atoms with Crippen molar-refractivity contribution in [2.45, 2.75) is 0 Å². The number of aromatic amines is 1. The molecule has 89 valence electrons. The molecule has 0 aliphatic rings. The van der Waals surface area contributed by atoms with Crippen molar-refractivity contribution in [1.82, 2.24) is 20.6 Å². The van der Waals surface area contributed by atoms with E-state index in [1.807, 2.05) is 0 Å². The Morgan fingerprint density at radius 3 is 1.53 bits per heavy atom. The zero-order chi connectivity index (χ0) is 11.6. The molecule has 14 heteroatoms. The van der Waals surface area contributed by atoms with Gasteiger partial charge in [0.25, 0.3) is 5.95 Å². The number of H-pyrrole nitrogens is 1. The molecule has 0 bridgehead atoms. The predicted molar refractivity (Wildman–Crippen MR) is 39.3 cm³/mol. The van der Waals surface area contributed by atoms with Gasteiger partial charge in [-0.3, -0.25) is 0 Å². The molecule has 1 heterocycles. The number of nitrogens with one attached hydrogen (secondary N) is 1. The van der Waals surface area contributed by atoms with Gasteiger partial charge in [0.05, 0.1) is 10.2 Å². The minimum absolute atomic E-state index is 0. The van der Waals surface area contributed by atoms with Gasteiger partial charge in [0, 0.05) is 0 Å². The Kier molecular flexibility index (Phi) is 14.6. The molecule has 0 unspecified atom stereocenters. The molecule has 0 amide bonds. The molecule has 0 saturated carbocycles. The second-order valence-corrected chi connectivity index (χ2v) is 1.22. The number of nitrogens with two attached hydrogens (primary N) is 1. The first-order chi connectivity index (χ1) is 6.36. The molecule has 0 saturated heterocycles. The van der Waals surface area contributed by atoms with Gasteiger partial charge in [-0.05, 0) is 5.21 Å². The normalized spacial score (nSPS) is 6.67. The van der Waals surface area contributed by atoms with Crippen molar-refractivity contribution in [2.24, 2.45) is 0 Å². The van der Waals surface area contributed by atoms with E-state index in [2.05, 4.69) is 20.6 Å². The molecular formula is CH3CuN7O6. The van der Waals surface area contributed by atoms with Crippen LogP contribution in [0.15, 0.2) is 0 Å². The molecule has 13 nitrogen and oxygen atoms in total. The number of rotatable bonds is 0. The summed E-state index contributed by atoms with van der Waals surface area (Å²) in [6, 6.07) is 0. The monoisotopic (exact) mass is 272 g/mol. The van der Waals surface area contributed by atoms with Crippen LogP contribution in [0.25, 0.3) is 0 Å². The van der Waals surface area contributed by atoms with E-state index in [-0.39, 0.29) is 23.0 Å². The van der Waals surface area contributed by atoms with Crippen LogP contribution in [0.2, 0.25) is 0 Å². The second-order valence-electron chi connectivity index (χ2n) is 1.22. The van der Waals surface area contributed by atoms with E-state index in [1.165, 1.54) is 0 Å². The summed E-state index contributed by atoms with van der Waals surface area (Å²) in [7, 11) is 0. The Morgan fingerprint density at radius 1 is 1.13 bits per heavy atom. The Hall–Kier alpha value is -2.21. The van der Waals surface area contributed by atoms with E-state index in [9.17, 15) is 0 Å². The zero-order valence-electron chi connectivity index (χ0n) is 6.56. The van der Waals surface area contributed by atoms with E-state index in [4.69, 9.17) is 36.4 Å². The fourth-order valence-electron chi connectivity index (χ4n) is 0.170. The van der Waals surface area contributed by atoms with Crippen molar-refractivity contribution in [3.8, 4) is 0 Å². The van der Waals surface area contributed by atoms with Gasteiger partial charge >= 0.3 is 17.1 Å². The standard InChI is InChI=1S/CH3N5.Cu.2NO3/c2-1-3-5-6-4-1;;2*2-1(3)4/h(H3,2,3,4,5,6);;;/q;+2;2*-1. The van der Waals surface area contributed by atoms with Gasteiger partial charge in [-0.2, -0.15) is 5.21 Å². The van der Waals surface area contributed by atoms with E-state index < -0.39 is 10.2 Å². The Balaban J connectivity index is -0.000000145. The Morgan fingerprint density at radius 2 is 1.47 bits per heavy atom. The molecule has 1 rings (SSSR count). The van der Waals surface area contributed by atoms with Gasteiger partial charge in [0.15, 0.2) is 0 Å². The Labute approximate surface area is 91.0 Å². The number of hydrogen-bond acceptors (Lipinski definition) is 10. The fourth-order valence-corrected chi connectivity index (χ4v) is 0.170. The molecule has 3 N–H and O–H groups in total. The van der Waals surface area contributed by atoms with Crippen molar-refractivity contribution in [3.05, 3.63) is 30.6 Å². The minimum atomic E-state index is -1.75. The summed E-state index contributed by atoms with van der Waals surface area (Å²) in [5.74, 6) is 0.176. The molecule has 0 aliphatic carbocycles. The maximum absolute atomic E-state index is 8.25. The first-order valence-electron chi connectivity index (χ1n) is 2.48. The molecule has 0 aliphatic heterocycles. The zero-order valence-corrected chi connectivity index (χ0v) is 7.51. The van der Waals surface area contributed by atoms with Gasteiger partial charge in [-0.25, -0.2) is 0 Å². The Bertz CT molecular complexity index is 240. The number of anilines is 1. The van der Waals surface area contributed by atoms with E-state index >= 15 is 0 Å². The second kappa shape index (κ2) is 11.8. The summed E-state index contributed by atoms with van der Waals surface area (Å²) in [6.45, 7) is 0. The van der Waals surface area contributed by atoms with Gasteiger partial charge in [-0.15, -0.1) is 5.10 Å². The van der Waals surface area contributed by atoms with Crippen LogP contribution in [0.5, 0.6) is 0 Å². The summed E-state index contributed by atoms with van der Waals surface area (Å²) in [6.07, 6.45) is 0. The summed E-state index contributed by atoms with van der Waals surface area (Å²) >= 11 is 0. The molecule has 1 aromatic rings. The van der Waals surface area contributed by atoms with Gasteiger partial charge in [0.1, 0.15) is 0 Å². The van der Waals surface area contributed by atoms with Crippen LogP contribution in [0, 0.1) is 30.6 Å². The largest absolute Gasteiger partial charge is 2.00 e. The average molecular weight is 273 g/mol. The summed E-state index contributed by atoms with van der Waals surface area (Å²) in [5, 5.41) is 41.5. The predicted octanol–water partition coefficient (Wildman–Crippen LogP) is -1.70. The number of nitrogen functional groups attached to an aromatic ring is 1. The smallest absolute Gasteiger partial charge is 0.365 e. The number of nitrogens with zero attached hydrogens (tertiary/aromatic N) is 5. The van der Waals surface area contributed by atoms with Crippen molar-refractivity contribution < 1.29 is 27.2 Å². The SMILES string of the molecule is Nc1nn[nH]n1.O=[N+]([O-])[O-].O=[N+]([O-])[O-].[Cu+2]. The summed E-state index contributed by atoms with van der Waals surface area (Å²) in [4.78, 5) is 16.5. The maximum atomic E-state index is 8.25. The fraction of sp³-hybridized carbons (Fsp3) is 0. The first-order valence-corrected chi connectivity index (χ1v) is 2.48. The maximum Gasteiger partial charge on any atom is 2.00 e. The molecule has 1 aromatic heterocycles. The quantitative estimate of drug-likeness (QED) is 0.310. The molecule has 0 spiro atoms. The van der Waals surface area contributed by atoms with Crippen molar-refractivity contribution in [2.75, 3.05) is 5.73 Å². The molecule has 15 heavy (non-hydrogen) atoms.